The van der Waals surface area contributed by atoms with Crippen molar-refractivity contribution in [3.8, 4) is 17.2 Å². The molecule has 0 amide bonds. The number of para-hydroxylation sites is 3. The van der Waals surface area contributed by atoms with Gasteiger partial charge in [0.15, 0.2) is 0 Å². The van der Waals surface area contributed by atoms with Crippen LogP contribution in [0.4, 0.5) is 0 Å². The van der Waals surface area contributed by atoms with E-state index in [1.54, 1.807) is 137 Å². The Balaban J connectivity index is 0.000000158. The molecule has 0 radical (unpaired) electrons. The van der Waals surface area contributed by atoms with Gasteiger partial charge in [-0.05, 0) is 160 Å². The van der Waals surface area contributed by atoms with Crippen LogP contribution < -0.4 is 0 Å². The van der Waals surface area contributed by atoms with Crippen LogP contribution >= 0.6 is 0 Å². The minimum Gasteiger partial charge on any atom is -0.508 e. The van der Waals surface area contributed by atoms with Crippen molar-refractivity contribution in [3.63, 3.8) is 0 Å². The van der Waals surface area contributed by atoms with Gasteiger partial charge in [0.1, 0.15) is 17.2 Å². The minimum absolute atomic E-state index is 0.322. The van der Waals surface area contributed by atoms with Gasteiger partial charge >= 0.3 is 0 Å². The molecule has 6 saturated carbocycles. The maximum absolute atomic E-state index is 8.63. The smallest absolute Gasteiger partial charge is 0.115 e. The maximum atomic E-state index is 8.63. The SMILES string of the molecule is CC.CC.CC1CC2C3CCC(C3)C2C1.CC1CC2C3CCC(C3)C2C1.Oc1ccccc1.Oc1ccccc1.Oc1ccccc1. The zero-order valence-corrected chi connectivity index (χ0v) is 30.3. The molecule has 6 aliphatic carbocycles. The van der Waals surface area contributed by atoms with E-state index in [2.05, 4.69) is 13.8 Å². The molecule has 3 N–H and O–H groups in total. The van der Waals surface area contributed by atoms with Gasteiger partial charge in [-0.2, -0.15) is 0 Å². The summed E-state index contributed by atoms with van der Waals surface area (Å²) in [7, 11) is 0. The fraction of sp³-hybridized carbons (Fsp3) is 0.591. The molecule has 0 heterocycles. The summed E-state index contributed by atoms with van der Waals surface area (Å²) in [6.07, 6.45) is 15.9. The van der Waals surface area contributed by atoms with Crippen molar-refractivity contribution >= 4 is 0 Å². The monoisotopic (exact) mass is 643 g/mol. The van der Waals surface area contributed by atoms with Crippen LogP contribution in [-0.4, -0.2) is 15.3 Å². The Labute approximate surface area is 287 Å². The van der Waals surface area contributed by atoms with Crippen LogP contribution in [0, 0.1) is 59.2 Å². The third-order valence-electron chi connectivity index (χ3n) is 11.5. The molecule has 8 unspecified atom stereocenters. The molecule has 3 aromatic rings. The summed E-state index contributed by atoms with van der Waals surface area (Å²) in [4.78, 5) is 0. The summed E-state index contributed by atoms with van der Waals surface area (Å²) < 4.78 is 0. The van der Waals surface area contributed by atoms with E-state index < -0.39 is 0 Å². The molecule has 3 nitrogen and oxygen atoms in total. The largest absolute Gasteiger partial charge is 0.508 e. The van der Waals surface area contributed by atoms with Gasteiger partial charge in [0.05, 0.1) is 0 Å². The Morgan fingerprint density at radius 1 is 0.362 bits per heavy atom. The third kappa shape index (κ3) is 11.6. The van der Waals surface area contributed by atoms with Crippen LogP contribution in [0.2, 0.25) is 0 Å². The van der Waals surface area contributed by atoms with Gasteiger partial charge in [0.25, 0.3) is 0 Å². The van der Waals surface area contributed by atoms with E-state index in [1.165, 1.54) is 47.3 Å². The summed E-state index contributed by atoms with van der Waals surface area (Å²) in [6, 6.07) is 26.1. The van der Waals surface area contributed by atoms with Crippen LogP contribution in [0.15, 0.2) is 91.0 Å². The highest BCUT2D eigenvalue weighted by Gasteiger charge is 2.51. The molecule has 3 aromatic carbocycles. The first-order chi connectivity index (χ1) is 22.9. The fourth-order valence-corrected chi connectivity index (χ4v) is 9.86. The topological polar surface area (TPSA) is 60.7 Å². The van der Waals surface area contributed by atoms with Gasteiger partial charge in [-0.15, -0.1) is 0 Å². The zero-order valence-electron chi connectivity index (χ0n) is 30.3. The maximum Gasteiger partial charge on any atom is 0.115 e. The molecule has 8 atom stereocenters. The lowest BCUT2D eigenvalue weighted by atomic mass is 9.82. The van der Waals surface area contributed by atoms with Gasteiger partial charge in [-0.3, -0.25) is 0 Å². The van der Waals surface area contributed by atoms with Crippen LogP contribution in [0.3, 0.4) is 0 Å². The summed E-state index contributed by atoms with van der Waals surface area (Å²) in [5.74, 6) is 12.5. The van der Waals surface area contributed by atoms with Crippen molar-refractivity contribution in [2.45, 2.75) is 106 Å². The second-order valence-corrected chi connectivity index (χ2v) is 14.5. The van der Waals surface area contributed by atoms with Gasteiger partial charge in [-0.25, -0.2) is 0 Å². The molecule has 0 aliphatic heterocycles. The summed E-state index contributed by atoms with van der Waals surface area (Å²) >= 11 is 0. The molecule has 47 heavy (non-hydrogen) atoms. The molecule has 0 aromatic heterocycles. The van der Waals surface area contributed by atoms with Gasteiger partial charge in [0, 0.05) is 0 Å². The summed E-state index contributed by atoms with van der Waals surface area (Å²) in [5, 5.41) is 25.9. The first-order valence-electron chi connectivity index (χ1n) is 19.1. The first kappa shape index (κ1) is 38.5. The van der Waals surface area contributed by atoms with E-state index in [-0.39, 0.29) is 0 Å². The second-order valence-electron chi connectivity index (χ2n) is 14.5. The Morgan fingerprint density at radius 2 is 0.574 bits per heavy atom. The average Bonchev–Trinajstić information content (AvgIpc) is 3.95. The predicted molar refractivity (Wildman–Crippen MR) is 199 cm³/mol. The molecule has 6 fully saturated rings. The highest BCUT2D eigenvalue weighted by atomic mass is 16.3. The molecule has 4 bridgehead atoms. The molecule has 6 aliphatic rings. The van der Waals surface area contributed by atoms with Gasteiger partial charge in [0.2, 0.25) is 0 Å². The second kappa shape index (κ2) is 20.4. The lowest BCUT2D eigenvalue weighted by molar-refractivity contribution is 0.259. The molecule has 0 saturated heterocycles. The van der Waals surface area contributed by atoms with E-state index in [9.17, 15) is 0 Å². The number of benzene rings is 3. The van der Waals surface area contributed by atoms with Crippen molar-refractivity contribution < 1.29 is 15.3 Å². The minimum atomic E-state index is 0.322. The van der Waals surface area contributed by atoms with Crippen molar-refractivity contribution in [1.82, 2.24) is 0 Å². The highest BCUT2D eigenvalue weighted by molar-refractivity contribution is 5.19. The molecule has 0 spiro atoms. The lowest BCUT2D eigenvalue weighted by Gasteiger charge is -2.23. The van der Waals surface area contributed by atoms with Crippen LogP contribution in [0.5, 0.6) is 17.2 Å². The van der Waals surface area contributed by atoms with Gasteiger partial charge in [-0.1, -0.05) is 96.1 Å². The number of phenolic OH excluding ortho intramolecular Hbond substituents is 3. The Kier molecular flexibility index (Phi) is 16.7. The third-order valence-corrected chi connectivity index (χ3v) is 11.5. The van der Waals surface area contributed by atoms with Gasteiger partial charge < -0.3 is 15.3 Å². The summed E-state index contributed by atoms with van der Waals surface area (Å²) in [5.41, 5.74) is 0. The molecule has 9 rings (SSSR count). The number of hydrogen-bond donors (Lipinski definition) is 3. The van der Waals surface area contributed by atoms with Crippen molar-refractivity contribution in [1.29, 1.82) is 0 Å². The fourth-order valence-electron chi connectivity index (χ4n) is 9.86. The first-order valence-corrected chi connectivity index (χ1v) is 19.1. The van der Waals surface area contributed by atoms with Crippen LogP contribution in [-0.2, 0) is 0 Å². The van der Waals surface area contributed by atoms with E-state index >= 15 is 0 Å². The number of hydrogen-bond acceptors (Lipinski definition) is 3. The Morgan fingerprint density at radius 3 is 0.745 bits per heavy atom. The number of phenols is 3. The Hall–Kier alpha value is -2.94. The highest BCUT2D eigenvalue weighted by Crippen LogP contribution is 2.60. The standard InChI is InChI=1S/2C11H18.3C6H6O.2C2H6/c2*1-7-4-10-8-2-3-9(6-8)11(10)5-7;3*7-6-4-2-1-3-5-6;2*1-2/h2*7-11H,2-6H2,1H3;3*1-5,7H;2*1-2H3. The van der Waals surface area contributed by atoms with E-state index in [1.807, 2.05) is 45.9 Å². The lowest BCUT2D eigenvalue weighted by Crippen LogP contribution is -2.15. The van der Waals surface area contributed by atoms with Crippen molar-refractivity contribution in [3.05, 3.63) is 91.0 Å². The van der Waals surface area contributed by atoms with E-state index in [4.69, 9.17) is 15.3 Å². The average molecular weight is 643 g/mol. The normalized spacial score (nSPS) is 32.3. The molecular weight excluding hydrogens is 576 g/mol. The number of fused-ring (bicyclic) bond motifs is 10. The zero-order chi connectivity index (χ0) is 34.2. The van der Waals surface area contributed by atoms with E-state index in [0.29, 0.717) is 17.2 Å². The molecule has 260 valence electrons. The molecule has 3 heteroatoms. The van der Waals surface area contributed by atoms with Crippen LogP contribution in [0.25, 0.3) is 0 Å². The number of aromatic hydroxyl groups is 3. The van der Waals surface area contributed by atoms with Crippen molar-refractivity contribution in [2.24, 2.45) is 59.2 Å². The molecular formula is C44H66O3. The van der Waals surface area contributed by atoms with E-state index in [0.717, 1.165) is 11.8 Å². The summed E-state index contributed by atoms with van der Waals surface area (Å²) in [6.45, 7) is 12.9. The van der Waals surface area contributed by atoms with Crippen molar-refractivity contribution in [2.75, 3.05) is 0 Å². The predicted octanol–water partition coefficient (Wildman–Crippen LogP) is 12.4. The quantitative estimate of drug-likeness (QED) is 0.229. The van der Waals surface area contributed by atoms with Crippen LogP contribution in [0.1, 0.15) is 106 Å². The number of rotatable bonds is 0. The Bertz CT molecular complexity index is 1030.